The molecule has 0 fully saturated rings. The van der Waals surface area contributed by atoms with Crippen LogP contribution in [-0.2, 0) is 14.3 Å². The SMILES string of the molecule is COc1ccc(/C=C/C(=O)OC(C)C(=O)N(C)c2ccccc2)cc1. The van der Waals surface area contributed by atoms with E-state index >= 15 is 0 Å². The second-order valence-corrected chi connectivity index (χ2v) is 5.42. The van der Waals surface area contributed by atoms with E-state index in [9.17, 15) is 9.59 Å². The number of hydrogen-bond acceptors (Lipinski definition) is 4. The topological polar surface area (TPSA) is 55.8 Å². The Morgan fingerprint density at radius 3 is 2.28 bits per heavy atom. The Balaban J connectivity index is 1.92. The van der Waals surface area contributed by atoms with Gasteiger partial charge in [-0.25, -0.2) is 4.79 Å². The lowest BCUT2D eigenvalue weighted by molar-refractivity contribution is -0.148. The monoisotopic (exact) mass is 339 g/mol. The van der Waals surface area contributed by atoms with Gasteiger partial charge in [-0.1, -0.05) is 30.3 Å². The molecule has 0 aliphatic rings. The smallest absolute Gasteiger partial charge is 0.331 e. The number of ether oxygens (including phenoxy) is 2. The first-order valence-electron chi connectivity index (χ1n) is 7.86. The van der Waals surface area contributed by atoms with Crippen molar-refractivity contribution in [1.82, 2.24) is 0 Å². The van der Waals surface area contributed by atoms with Crippen LogP contribution in [0.25, 0.3) is 6.08 Å². The summed E-state index contributed by atoms with van der Waals surface area (Å²) in [6.45, 7) is 1.56. The molecule has 0 bridgehead atoms. The van der Waals surface area contributed by atoms with Crippen LogP contribution in [0.2, 0.25) is 0 Å². The number of benzene rings is 2. The van der Waals surface area contributed by atoms with Crippen LogP contribution in [0.4, 0.5) is 5.69 Å². The first-order valence-corrected chi connectivity index (χ1v) is 7.86. The maximum absolute atomic E-state index is 12.3. The number of likely N-dealkylation sites (N-methyl/N-ethyl adjacent to an activating group) is 1. The molecule has 0 heterocycles. The number of anilines is 1. The van der Waals surface area contributed by atoms with Crippen molar-refractivity contribution in [2.45, 2.75) is 13.0 Å². The summed E-state index contributed by atoms with van der Waals surface area (Å²) in [7, 11) is 3.24. The number of para-hydroxylation sites is 1. The van der Waals surface area contributed by atoms with Crippen molar-refractivity contribution in [3.05, 3.63) is 66.2 Å². The molecule has 0 saturated carbocycles. The molecule has 0 aliphatic heterocycles. The van der Waals surface area contributed by atoms with E-state index in [4.69, 9.17) is 9.47 Å². The molecule has 2 rings (SSSR count). The number of esters is 1. The Labute approximate surface area is 147 Å². The summed E-state index contributed by atoms with van der Waals surface area (Å²) in [5.74, 6) is -0.126. The highest BCUT2D eigenvalue weighted by Crippen LogP contribution is 2.14. The van der Waals surface area contributed by atoms with Crippen LogP contribution in [0.3, 0.4) is 0 Å². The standard InChI is InChI=1S/C20H21NO4/c1-15(20(23)21(2)17-7-5-4-6-8-17)25-19(22)14-11-16-9-12-18(24-3)13-10-16/h4-15H,1-3H3/b14-11+. The third kappa shape index (κ3) is 5.21. The fraction of sp³-hybridized carbons (Fsp3) is 0.200. The summed E-state index contributed by atoms with van der Waals surface area (Å²) in [5.41, 5.74) is 1.57. The van der Waals surface area contributed by atoms with E-state index in [-0.39, 0.29) is 5.91 Å². The third-order valence-corrected chi connectivity index (χ3v) is 3.64. The molecule has 2 aromatic rings. The minimum Gasteiger partial charge on any atom is -0.497 e. The van der Waals surface area contributed by atoms with E-state index < -0.39 is 12.1 Å². The summed E-state index contributed by atoms with van der Waals surface area (Å²) in [6, 6.07) is 16.4. The van der Waals surface area contributed by atoms with Crippen molar-refractivity contribution in [2.24, 2.45) is 0 Å². The molecule has 1 atom stereocenters. The van der Waals surface area contributed by atoms with Gasteiger partial charge in [-0.2, -0.15) is 0 Å². The van der Waals surface area contributed by atoms with Crippen molar-refractivity contribution in [3.8, 4) is 5.75 Å². The van der Waals surface area contributed by atoms with Gasteiger partial charge < -0.3 is 14.4 Å². The Hall–Kier alpha value is -3.08. The molecule has 5 heteroatoms. The van der Waals surface area contributed by atoms with Gasteiger partial charge in [0.15, 0.2) is 6.10 Å². The predicted molar refractivity (Wildman–Crippen MR) is 97.4 cm³/mol. The van der Waals surface area contributed by atoms with Crippen molar-refractivity contribution < 1.29 is 19.1 Å². The minimum atomic E-state index is -0.877. The number of nitrogens with zero attached hydrogens (tertiary/aromatic N) is 1. The second-order valence-electron chi connectivity index (χ2n) is 5.42. The molecular formula is C20H21NO4. The van der Waals surface area contributed by atoms with E-state index in [1.54, 1.807) is 39.3 Å². The Kier molecular flexibility index (Phi) is 6.34. The van der Waals surface area contributed by atoms with Crippen molar-refractivity contribution in [1.29, 1.82) is 0 Å². The van der Waals surface area contributed by atoms with Crippen molar-refractivity contribution in [2.75, 3.05) is 19.1 Å². The Morgan fingerprint density at radius 2 is 1.68 bits per heavy atom. The fourth-order valence-corrected chi connectivity index (χ4v) is 2.19. The lowest BCUT2D eigenvalue weighted by Crippen LogP contribution is -2.37. The van der Waals surface area contributed by atoms with Gasteiger partial charge in [-0.05, 0) is 42.8 Å². The average molecular weight is 339 g/mol. The molecule has 2 aromatic carbocycles. The first-order chi connectivity index (χ1) is 12.0. The number of rotatable bonds is 6. The molecule has 25 heavy (non-hydrogen) atoms. The molecule has 0 radical (unpaired) electrons. The van der Waals surface area contributed by atoms with Crippen LogP contribution >= 0.6 is 0 Å². The third-order valence-electron chi connectivity index (χ3n) is 3.64. The van der Waals surface area contributed by atoms with Gasteiger partial charge in [-0.15, -0.1) is 0 Å². The van der Waals surface area contributed by atoms with Gasteiger partial charge >= 0.3 is 5.97 Å². The summed E-state index contributed by atoms with van der Waals surface area (Å²) >= 11 is 0. The Morgan fingerprint density at radius 1 is 1.04 bits per heavy atom. The molecule has 5 nitrogen and oxygen atoms in total. The largest absolute Gasteiger partial charge is 0.497 e. The number of hydrogen-bond donors (Lipinski definition) is 0. The molecule has 1 unspecified atom stereocenters. The van der Waals surface area contributed by atoms with Gasteiger partial charge in [0.1, 0.15) is 5.75 Å². The summed E-state index contributed by atoms with van der Waals surface area (Å²) in [5, 5.41) is 0. The highest BCUT2D eigenvalue weighted by atomic mass is 16.5. The molecular weight excluding hydrogens is 318 g/mol. The lowest BCUT2D eigenvalue weighted by Gasteiger charge is -2.21. The molecule has 0 saturated heterocycles. The predicted octanol–water partition coefficient (Wildman–Crippen LogP) is 3.30. The van der Waals surface area contributed by atoms with Crippen LogP contribution in [0.5, 0.6) is 5.75 Å². The number of carbonyl (C=O) groups excluding carboxylic acids is 2. The van der Waals surface area contributed by atoms with Crippen LogP contribution < -0.4 is 9.64 Å². The molecule has 0 aromatic heterocycles. The van der Waals surface area contributed by atoms with Crippen molar-refractivity contribution >= 4 is 23.6 Å². The van der Waals surface area contributed by atoms with Gasteiger partial charge in [0.05, 0.1) is 7.11 Å². The fourth-order valence-electron chi connectivity index (χ4n) is 2.19. The van der Waals surface area contributed by atoms with Gasteiger partial charge in [0.2, 0.25) is 0 Å². The van der Waals surface area contributed by atoms with Gasteiger partial charge in [0.25, 0.3) is 5.91 Å². The van der Waals surface area contributed by atoms with Gasteiger partial charge in [0, 0.05) is 18.8 Å². The number of amides is 1. The normalized spacial score (nSPS) is 11.8. The number of methoxy groups -OCH3 is 1. The van der Waals surface area contributed by atoms with Crippen LogP contribution in [0.15, 0.2) is 60.7 Å². The first kappa shape index (κ1) is 18.3. The molecule has 0 aliphatic carbocycles. The van der Waals surface area contributed by atoms with Gasteiger partial charge in [-0.3, -0.25) is 4.79 Å². The molecule has 0 spiro atoms. The summed E-state index contributed by atoms with van der Waals surface area (Å²) in [4.78, 5) is 25.7. The second kappa shape index (κ2) is 8.68. The van der Waals surface area contributed by atoms with Crippen molar-refractivity contribution in [3.63, 3.8) is 0 Å². The zero-order valence-electron chi connectivity index (χ0n) is 14.5. The highest BCUT2D eigenvalue weighted by molar-refractivity contribution is 5.98. The zero-order valence-corrected chi connectivity index (χ0v) is 14.5. The minimum absolute atomic E-state index is 0.294. The summed E-state index contributed by atoms with van der Waals surface area (Å²) in [6.07, 6.45) is 2.05. The Bertz CT molecular complexity index is 738. The molecule has 0 N–H and O–H groups in total. The lowest BCUT2D eigenvalue weighted by atomic mass is 10.2. The van der Waals surface area contributed by atoms with E-state index in [1.165, 1.54) is 11.0 Å². The van der Waals surface area contributed by atoms with Crippen LogP contribution in [-0.4, -0.2) is 32.1 Å². The summed E-state index contributed by atoms with van der Waals surface area (Å²) < 4.78 is 10.3. The van der Waals surface area contributed by atoms with E-state index in [1.807, 2.05) is 42.5 Å². The van der Waals surface area contributed by atoms with E-state index in [0.29, 0.717) is 0 Å². The van der Waals surface area contributed by atoms with E-state index in [0.717, 1.165) is 17.0 Å². The molecule has 130 valence electrons. The maximum Gasteiger partial charge on any atom is 0.331 e. The zero-order chi connectivity index (χ0) is 18.2. The molecule has 1 amide bonds. The quantitative estimate of drug-likeness (QED) is 0.598. The number of carbonyl (C=O) groups is 2. The maximum atomic E-state index is 12.3. The average Bonchev–Trinajstić information content (AvgIpc) is 2.66. The highest BCUT2D eigenvalue weighted by Gasteiger charge is 2.21. The van der Waals surface area contributed by atoms with E-state index in [2.05, 4.69) is 0 Å². The van der Waals surface area contributed by atoms with Crippen LogP contribution in [0.1, 0.15) is 12.5 Å². The van der Waals surface area contributed by atoms with Crippen LogP contribution in [0, 0.1) is 0 Å².